The van der Waals surface area contributed by atoms with Crippen molar-refractivity contribution in [1.82, 2.24) is 4.57 Å². The van der Waals surface area contributed by atoms with Crippen molar-refractivity contribution in [2.24, 2.45) is 0 Å². The van der Waals surface area contributed by atoms with E-state index in [1.807, 2.05) is 24.3 Å². The molecule has 0 atom stereocenters. The molecule has 2 aromatic carbocycles. The fraction of sp³-hybridized carbons (Fsp3) is 0.211. The van der Waals surface area contributed by atoms with Gasteiger partial charge in [0.1, 0.15) is 17.0 Å². The van der Waals surface area contributed by atoms with E-state index in [1.165, 1.54) is 6.07 Å². The molecule has 27 heavy (non-hydrogen) atoms. The van der Waals surface area contributed by atoms with Crippen molar-refractivity contribution >= 4 is 38.5 Å². The fourth-order valence-corrected chi connectivity index (χ4v) is 3.70. The standard InChI is InChI=1S/C19H17BrN2O5/c1-3-27-19(23)18-16(20)14-8-5-9-15(22(24)25)17(14)21(18)11-12-6-4-7-13(10-12)26-2/h4-10H,3,11H2,1-2H3. The smallest absolute Gasteiger partial charge is 0.356 e. The van der Waals surface area contributed by atoms with Crippen molar-refractivity contribution in [3.8, 4) is 5.75 Å². The van der Waals surface area contributed by atoms with Gasteiger partial charge in [0.15, 0.2) is 0 Å². The zero-order chi connectivity index (χ0) is 19.6. The molecule has 0 spiro atoms. The van der Waals surface area contributed by atoms with Crippen molar-refractivity contribution in [2.45, 2.75) is 13.5 Å². The number of hydrogen-bond donors (Lipinski definition) is 0. The minimum absolute atomic E-state index is 0.0772. The molecule has 0 radical (unpaired) electrons. The van der Waals surface area contributed by atoms with Crippen LogP contribution in [0.1, 0.15) is 23.0 Å². The zero-order valence-electron chi connectivity index (χ0n) is 14.8. The second-order valence-corrected chi connectivity index (χ2v) is 6.54. The summed E-state index contributed by atoms with van der Waals surface area (Å²) in [6.07, 6.45) is 0. The number of para-hydroxylation sites is 1. The van der Waals surface area contributed by atoms with Gasteiger partial charge >= 0.3 is 5.97 Å². The van der Waals surface area contributed by atoms with Crippen molar-refractivity contribution in [1.29, 1.82) is 0 Å². The van der Waals surface area contributed by atoms with E-state index in [4.69, 9.17) is 9.47 Å². The molecule has 0 unspecified atom stereocenters. The zero-order valence-corrected chi connectivity index (χ0v) is 16.4. The van der Waals surface area contributed by atoms with Crippen molar-refractivity contribution < 1.29 is 19.2 Å². The number of aromatic nitrogens is 1. The van der Waals surface area contributed by atoms with Crippen LogP contribution < -0.4 is 4.74 Å². The maximum absolute atomic E-state index is 12.6. The van der Waals surface area contributed by atoms with Gasteiger partial charge in [-0.3, -0.25) is 10.1 Å². The quantitative estimate of drug-likeness (QED) is 0.324. The SMILES string of the molecule is CCOC(=O)c1c(Br)c2cccc([N+](=O)[O-])c2n1Cc1cccc(OC)c1. The highest BCUT2D eigenvalue weighted by Crippen LogP contribution is 2.37. The molecule has 8 heteroatoms. The number of hydrogen-bond acceptors (Lipinski definition) is 5. The van der Waals surface area contributed by atoms with Crippen LogP contribution in [0.25, 0.3) is 10.9 Å². The molecule has 0 amide bonds. The Morgan fingerprint density at radius 1 is 1.26 bits per heavy atom. The Balaban J connectivity index is 2.27. The summed E-state index contributed by atoms with van der Waals surface area (Å²) in [5, 5.41) is 12.2. The lowest BCUT2D eigenvalue weighted by Gasteiger charge is -2.11. The highest BCUT2D eigenvalue weighted by molar-refractivity contribution is 9.10. The van der Waals surface area contributed by atoms with E-state index >= 15 is 0 Å². The molecule has 3 aromatic rings. The van der Waals surface area contributed by atoms with E-state index in [9.17, 15) is 14.9 Å². The predicted molar refractivity (Wildman–Crippen MR) is 104 cm³/mol. The molecule has 7 nitrogen and oxygen atoms in total. The third kappa shape index (κ3) is 3.52. The molecule has 0 aliphatic heterocycles. The highest BCUT2D eigenvalue weighted by Gasteiger charge is 2.27. The molecule has 0 fully saturated rings. The van der Waals surface area contributed by atoms with Gasteiger partial charge in [-0.05, 0) is 40.5 Å². The summed E-state index contributed by atoms with van der Waals surface area (Å²) in [5.41, 5.74) is 1.36. The minimum Gasteiger partial charge on any atom is -0.497 e. The van der Waals surface area contributed by atoms with Crippen molar-refractivity contribution in [3.63, 3.8) is 0 Å². The Bertz CT molecular complexity index is 1030. The molecule has 0 bridgehead atoms. The van der Waals surface area contributed by atoms with Gasteiger partial charge < -0.3 is 14.0 Å². The summed E-state index contributed by atoms with van der Waals surface area (Å²) in [5.74, 6) is 0.119. The maximum atomic E-state index is 12.6. The third-order valence-electron chi connectivity index (χ3n) is 4.14. The number of nitrogens with zero attached hydrogens (tertiary/aromatic N) is 2. The first-order valence-corrected chi connectivity index (χ1v) is 9.02. The number of carbonyl (C=O) groups excluding carboxylic acids is 1. The molecular formula is C19H17BrN2O5. The summed E-state index contributed by atoms with van der Waals surface area (Å²) >= 11 is 3.43. The molecule has 140 valence electrons. The van der Waals surface area contributed by atoms with E-state index in [2.05, 4.69) is 15.9 Å². The molecular weight excluding hydrogens is 416 g/mol. The number of fused-ring (bicyclic) bond motifs is 1. The van der Waals surface area contributed by atoms with Crippen molar-refractivity contribution in [2.75, 3.05) is 13.7 Å². The molecule has 3 rings (SSSR count). The molecule has 0 saturated heterocycles. The molecule has 0 saturated carbocycles. The normalized spacial score (nSPS) is 10.8. The van der Waals surface area contributed by atoms with E-state index in [-0.39, 0.29) is 24.5 Å². The molecule has 0 aliphatic carbocycles. The monoisotopic (exact) mass is 432 g/mol. The number of non-ortho nitro benzene ring substituents is 1. The molecule has 1 aromatic heterocycles. The van der Waals surface area contributed by atoms with Crippen molar-refractivity contribution in [3.05, 3.63) is 68.3 Å². The Labute approximate surface area is 163 Å². The van der Waals surface area contributed by atoms with Gasteiger partial charge in [-0.15, -0.1) is 0 Å². The Kier molecular flexibility index (Phi) is 5.46. The van der Waals surface area contributed by atoms with Crippen LogP contribution in [0.3, 0.4) is 0 Å². The van der Waals surface area contributed by atoms with Crippen LogP contribution in [0.5, 0.6) is 5.75 Å². The average Bonchev–Trinajstić information content (AvgIpc) is 2.94. The number of halogens is 1. The third-order valence-corrected chi connectivity index (χ3v) is 4.94. The number of ether oxygens (including phenoxy) is 2. The van der Waals surface area contributed by atoms with Crippen LogP contribution in [-0.2, 0) is 11.3 Å². The number of carbonyl (C=O) groups is 1. The number of nitro groups is 1. The second-order valence-electron chi connectivity index (χ2n) is 5.75. The van der Waals surface area contributed by atoms with E-state index in [0.29, 0.717) is 21.1 Å². The van der Waals surface area contributed by atoms with Gasteiger partial charge in [-0.2, -0.15) is 0 Å². The Morgan fingerprint density at radius 3 is 2.67 bits per heavy atom. The first kappa shape index (κ1) is 18.9. The van der Waals surface area contributed by atoms with Crippen LogP contribution in [0.4, 0.5) is 5.69 Å². The maximum Gasteiger partial charge on any atom is 0.356 e. The van der Waals surface area contributed by atoms with Gasteiger partial charge in [-0.1, -0.05) is 24.3 Å². The van der Waals surface area contributed by atoms with E-state index < -0.39 is 10.9 Å². The van der Waals surface area contributed by atoms with Crippen LogP contribution >= 0.6 is 15.9 Å². The topological polar surface area (TPSA) is 83.6 Å². The van der Waals surface area contributed by atoms with E-state index in [1.54, 1.807) is 30.7 Å². The van der Waals surface area contributed by atoms with E-state index in [0.717, 1.165) is 5.56 Å². The van der Waals surface area contributed by atoms with Gasteiger partial charge in [0.2, 0.25) is 0 Å². The number of esters is 1. The van der Waals surface area contributed by atoms with Crippen LogP contribution in [0, 0.1) is 10.1 Å². The summed E-state index contributed by atoms with van der Waals surface area (Å²) in [4.78, 5) is 23.7. The lowest BCUT2D eigenvalue weighted by atomic mass is 10.2. The first-order valence-electron chi connectivity index (χ1n) is 8.23. The van der Waals surface area contributed by atoms with Gasteiger partial charge in [0.05, 0.1) is 23.1 Å². The fourth-order valence-electron chi connectivity index (χ4n) is 3.01. The summed E-state index contributed by atoms with van der Waals surface area (Å²) in [6.45, 7) is 2.16. The number of methoxy groups -OCH3 is 1. The number of nitro benzene ring substituents is 1. The van der Waals surface area contributed by atoms with Crippen LogP contribution in [0.2, 0.25) is 0 Å². The summed E-state index contributed by atoms with van der Waals surface area (Å²) in [7, 11) is 1.57. The largest absolute Gasteiger partial charge is 0.497 e. The number of rotatable bonds is 6. The summed E-state index contributed by atoms with van der Waals surface area (Å²) < 4.78 is 12.5. The second kappa shape index (κ2) is 7.79. The Morgan fingerprint density at radius 2 is 2.00 bits per heavy atom. The number of benzene rings is 2. The first-order chi connectivity index (χ1) is 13.0. The molecule has 0 N–H and O–H groups in total. The van der Waals surface area contributed by atoms with Crippen LogP contribution in [0.15, 0.2) is 46.9 Å². The Hall–Kier alpha value is -2.87. The lowest BCUT2D eigenvalue weighted by molar-refractivity contribution is -0.383. The molecule has 1 heterocycles. The summed E-state index contributed by atoms with van der Waals surface area (Å²) in [6, 6.07) is 12.1. The van der Waals surface area contributed by atoms with Crippen LogP contribution in [-0.4, -0.2) is 29.2 Å². The van der Waals surface area contributed by atoms with Gasteiger partial charge in [0, 0.05) is 18.0 Å². The predicted octanol–water partition coefficient (Wildman–Crippen LogP) is 4.55. The highest BCUT2D eigenvalue weighted by atomic mass is 79.9. The average molecular weight is 433 g/mol. The van der Waals surface area contributed by atoms with Gasteiger partial charge in [0.25, 0.3) is 5.69 Å². The minimum atomic E-state index is -0.544. The molecule has 0 aliphatic rings. The van der Waals surface area contributed by atoms with Gasteiger partial charge in [-0.25, -0.2) is 4.79 Å². The lowest BCUT2D eigenvalue weighted by Crippen LogP contribution is -2.14.